The van der Waals surface area contributed by atoms with Crippen LogP contribution in [0.5, 0.6) is 0 Å². The molecule has 0 aliphatic carbocycles. The van der Waals surface area contributed by atoms with Gasteiger partial charge < -0.3 is 15.2 Å². The summed E-state index contributed by atoms with van der Waals surface area (Å²) in [6.45, 7) is 4.95. The van der Waals surface area contributed by atoms with Gasteiger partial charge in [0.05, 0.1) is 12.2 Å². The van der Waals surface area contributed by atoms with Crippen molar-refractivity contribution in [1.29, 1.82) is 0 Å². The van der Waals surface area contributed by atoms with Gasteiger partial charge >= 0.3 is 0 Å². The van der Waals surface area contributed by atoms with E-state index < -0.39 is 0 Å². The predicted octanol–water partition coefficient (Wildman–Crippen LogP) is 1.38. The first-order chi connectivity index (χ1) is 8.06. The van der Waals surface area contributed by atoms with E-state index in [0.717, 1.165) is 29.9 Å². The van der Waals surface area contributed by atoms with E-state index in [-0.39, 0.29) is 5.91 Å². The van der Waals surface area contributed by atoms with Crippen LogP contribution >= 0.6 is 0 Å². The molecule has 5 nitrogen and oxygen atoms in total. The Morgan fingerprint density at radius 3 is 2.65 bits per heavy atom. The van der Waals surface area contributed by atoms with Gasteiger partial charge in [0.2, 0.25) is 5.91 Å². The van der Waals surface area contributed by atoms with E-state index in [2.05, 4.69) is 5.16 Å². The minimum absolute atomic E-state index is 0.137. The Hall–Kier alpha value is -1.36. The Balaban J connectivity index is 2.48. The van der Waals surface area contributed by atoms with Crippen molar-refractivity contribution in [2.45, 2.75) is 39.7 Å². The molecule has 0 saturated carbocycles. The van der Waals surface area contributed by atoms with Crippen molar-refractivity contribution in [3.8, 4) is 0 Å². The summed E-state index contributed by atoms with van der Waals surface area (Å²) in [6, 6.07) is 0. The number of aromatic nitrogens is 1. The SMILES string of the molecule is Cc1noc(C)c1CN(C)C(=O)CCCCN. The molecule has 1 aromatic rings. The molecule has 5 heteroatoms. The minimum atomic E-state index is 0.137. The molecule has 0 radical (unpaired) electrons. The lowest BCUT2D eigenvalue weighted by Crippen LogP contribution is -2.26. The Morgan fingerprint density at radius 1 is 1.41 bits per heavy atom. The first kappa shape index (κ1) is 13.7. The van der Waals surface area contributed by atoms with Crippen molar-refractivity contribution >= 4 is 5.91 Å². The molecule has 0 aliphatic heterocycles. The molecule has 2 N–H and O–H groups in total. The molecule has 17 heavy (non-hydrogen) atoms. The smallest absolute Gasteiger partial charge is 0.222 e. The average molecular weight is 239 g/mol. The van der Waals surface area contributed by atoms with Gasteiger partial charge in [-0.3, -0.25) is 4.79 Å². The normalized spacial score (nSPS) is 10.6. The number of rotatable bonds is 6. The van der Waals surface area contributed by atoms with Gasteiger partial charge in [-0.05, 0) is 33.2 Å². The van der Waals surface area contributed by atoms with Gasteiger partial charge in [0.15, 0.2) is 0 Å². The van der Waals surface area contributed by atoms with E-state index >= 15 is 0 Å². The van der Waals surface area contributed by atoms with E-state index in [1.807, 2.05) is 13.8 Å². The lowest BCUT2D eigenvalue weighted by Gasteiger charge is -2.16. The number of aryl methyl sites for hydroxylation is 2. The highest BCUT2D eigenvalue weighted by molar-refractivity contribution is 5.75. The maximum absolute atomic E-state index is 11.8. The topological polar surface area (TPSA) is 72.4 Å². The van der Waals surface area contributed by atoms with Crippen LogP contribution in [0.2, 0.25) is 0 Å². The maximum atomic E-state index is 11.8. The quantitative estimate of drug-likeness (QED) is 0.761. The van der Waals surface area contributed by atoms with Crippen molar-refractivity contribution in [3.63, 3.8) is 0 Å². The van der Waals surface area contributed by atoms with Crippen molar-refractivity contribution in [3.05, 3.63) is 17.0 Å². The summed E-state index contributed by atoms with van der Waals surface area (Å²) in [7, 11) is 1.80. The molecule has 0 saturated heterocycles. The summed E-state index contributed by atoms with van der Waals surface area (Å²) in [6.07, 6.45) is 2.29. The molecule has 0 aliphatic rings. The molecule has 0 bridgehead atoms. The molecule has 0 unspecified atom stereocenters. The van der Waals surface area contributed by atoms with Crippen molar-refractivity contribution in [2.75, 3.05) is 13.6 Å². The van der Waals surface area contributed by atoms with Gasteiger partial charge in [-0.15, -0.1) is 0 Å². The van der Waals surface area contributed by atoms with Crippen LogP contribution in [0.25, 0.3) is 0 Å². The molecule has 0 fully saturated rings. The highest BCUT2D eigenvalue weighted by atomic mass is 16.5. The Labute approximate surface area is 102 Å². The molecule has 1 rings (SSSR count). The van der Waals surface area contributed by atoms with Crippen molar-refractivity contribution < 1.29 is 9.32 Å². The molecule has 0 atom stereocenters. The van der Waals surface area contributed by atoms with E-state index in [4.69, 9.17) is 10.3 Å². The van der Waals surface area contributed by atoms with Crippen LogP contribution in [0.15, 0.2) is 4.52 Å². The van der Waals surface area contributed by atoms with Crippen LogP contribution in [-0.2, 0) is 11.3 Å². The van der Waals surface area contributed by atoms with Crippen molar-refractivity contribution in [2.24, 2.45) is 5.73 Å². The molecule has 1 amide bonds. The van der Waals surface area contributed by atoms with Crippen LogP contribution in [0.1, 0.15) is 36.3 Å². The van der Waals surface area contributed by atoms with E-state index in [9.17, 15) is 4.79 Å². The zero-order valence-electron chi connectivity index (χ0n) is 10.8. The molecular weight excluding hydrogens is 218 g/mol. The molecular formula is C12H21N3O2. The third-order valence-electron chi connectivity index (χ3n) is 2.85. The van der Waals surface area contributed by atoms with Gasteiger partial charge in [0.1, 0.15) is 5.76 Å². The van der Waals surface area contributed by atoms with Gasteiger partial charge in [-0.2, -0.15) is 0 Å². The third-order valence-corrected chi connectivity index (χ3v) is 2.85. The number of nitrogens with zero attached hydrogens (tertiary/aromatic N) is 2. The number of unbranched alkanes of at least 4 members (excludes halogenated alkanes) is 1. The highest BCUT2D eigenvalue weighted by Gasteiger charge is 2.14. The monoisotopic (exact) mass is 239 g/mol. The number of nitrogens with two attached hydrogens (primary N) is 1. The molecule has 1 aromatic heterocycles. The number of amides is 1. The summed E-state index contributed by atoms with van der Waals surface area (Å²) in [4.78, 5) is 13.5. The number of carbonyl (C=O) groups excluding carboxylic acids is 1. The van der Waals surface area contributed by atoms with Crippen LogP contribution in [0, 0.1) is 13.8 Å². The zero-order chi connectivity index (χ0) is 12.8. The summed E-state index contributed by atoms with van der Waals surface area (Å²) in [5, 5.41) is 3.87. The van der Waals surface area contributed by atoms with E-state index in [0.29, 0.717) is 19.5 Å². The number of hydrogen-bond acceptors (Lipinski definition) is 4. The largest absolute Gasteiger partial charge is 0.361 e. The van der Waals surface area contributed by atoms with E-state index in [1.165, 1.54) is 0 Å². The summed E-state index contributed by atoms with van der Waals surface area (Å²) in [5.74, 6) is 0.919. The van der Waals surface area contributed by atoms with Gasteiger partial charge in [-0.1, -0.05) is 5.16 Å². The molecule has 1 heterocycles. The Kier molecular flexibility index (Phi) is 5.15. The third kappa shape index (κ3) is 3.85. The summed E-state index contributed by atoms with van der Waals surface area (Å²) >= 11 is 0. The van der Waals surface area contributed by atoms with Gasteiger partial charge in [-0.25, -0.2) is 0 Å². The average Bonchev–Trinajstić information content (AvgIpc) is 2.61. The summed E-state index contributed by atoms with van der Waals surface area (Å²) in [5.41, 5.74) is 7.25. The maximum Gasteiger partial charge on any atom is 0.222 e. The fraction of sp³-hybridized carbons (Fsp3) is 0.667. The van der Waals surface area contributed by atoms with Gasteiger partial charge in [0.25, 0.3) is 0 Å². The Bertz CT molecular complexity index is 354. The van der Waals surface area contributed by atoms with Crippen LogP contribution in [-0.4, -0.2) is 29.6 Å². The van der Waals surface area contributed by atoms with Crippen molar-refractivity contribution in [1.82, 2.24) is 10.1 Å². The first-order valence-electron chi connectivity index (χ1n) is 5.92. The minimum Gasteiger partial charge on any atom is -0.361 e. The standard InChI is InChI=1S/C12H21N3O2/c1-9-11(10(2)17-14-9)8-15(3)12(16)6-4-5-7-13/h4-8,13H2,1-3H3. The number of hydrogen-bond donors (Lipinski definition) is 1. The second-order valence-electron chi connectivity index (χ2n) is 4.30. The highest BCUT2D eigenvalue weighted by Crippen LogP contribution is 2.14. The molecule has 96 valence electrons. The van der Waals surface area contributed by atoms with E-state index in [1.54, 1.807) is 11.9 Å². The second-order valence-corrected chi connectivity index (χ2v) is 4.30. The van der Waals surface area contributed by atoms with Crippen LogP contribution in [0.4, 0.5) is 0 Å². The fourth-order valence-electron chi connectivity index (χ4n) is 1.66. The van der Waals surface area contributed by atoms with Crippen LogP contribution in [0.3, 0.4) is 0 Å². The summed E-state index contributed by atoms with van der Waals surface area (Å²) < 4.78 is 5.07. The lowest BCUT2D eigenvalue weighted by molar-refractivity contribution is -0.130. The van der Waals surface area contributed by atoms with Crippen LogP contribution < -0.4 is 5.73 Å². The molecule has 0 spiro atoms. The zero-order valence-corrected chi connectivity index (χ0v) is 10.8. The Morgan fingerprint density at radius 2 is 2.12 bits per heavy atom. The first-order valence-corrected chi connectivity index (χ1v) is 5.92. The predicted molar refractivity (Wildman–Crippen MR) is 65.4 cm³/mol. The fourth-order valence-corrected chi connectivity index (χ4v) is 1.66. The van der Waals surface area contributed by atoms with Gasteiger partial charge in [0, 0.05) is 19.0 Å². The lowest BCUT2D eigenvalue weighted by atomic mass is 10.1. The second kappa shape index (κ2) is 6.39. The molecule has 0 aromatic carbocycles. The number of carbonyl (C=O) groups is 1.